The lowest BCUT2D eigenvalue weighted by Gasteiger charge is -2.33. The summed E-state index contributed by atoms with van der Waals surface area (Å²) in [6, 6.07) is 0. The van der Waals surface area contributed by atoms with Crippen molar-refractivity contribution < 1.29 is 0 Å². The molecular weight excluding hydrogens is 192 g/mol. The van der Waals surface area contributed by atoms with Gasteiger partial charge in [0.15, 0.2) is 0 Å². The molecule has 0 aliphatic carbocycles. The predicted octanol–water partition coefficient (Wildman–Crippen LogP) is 2.46. The number of rotatable bonds is 3. The van der Waals surface area contributed by atoms with Gasteiger partial charge in [0.25, 0.3) is 0 Å². The fraction of sp³-hybridized carbons (Fsp3) is 0.727. The number of nitrogens with one attached hydrogen (secondary N) is 1. The van der Waals surface area contributed by atoms with Crippen molar-refractivity contribution in [1.29, 1.82) is 0 Å². The normalized spacial score (nSPS) is 27.4. The SMILES string of the molecule is CC(C)C1(Cc2nccs2)CCCN1. The Kier molecular flexibility index (Phi) is 2.88. The van der Waals surface area contributed by atoms with E-state index in [-0.39, 0.29) is 0 Å². The van der Waals surface area contributed by atoms with Crippen LogP contribution in [0, 0.1) is 5.92 Å². The molecule has 2 rings (SSSR count). The van der Waals surface area contributed by atoms with Crippen LogP contribution in [0.4, 0.5) is 0 Å². The van der Waals surface area contributed by atoms with Crippen LogP contribution in [0.15, 0.2) is 11.6 Å². The van der Waals surface area contributed by atoms with E-state index < -0.39 is 0 Å². The van der Waals surface area contributed by atoms with E-state index in [0.29, 0.717) is 11.5 Å². The van der Waals surface area contributed by atoms with Gasteiger partial charge in [0.05, 0.1) is 5.01 Å². The molecule has 1 aromatic heterocycles. The molecule has 0 bridgehead atoms. The standard InChI is InChI=1S/C11H18N2S/c1-9(2)11(4-3-5-13-11)8-10-12-6-7-14-10/h6-7,9,13H,3-5,8H2,1-2H3. The first-order valence-corrected chi connectivity index (χ1v) is 6.24. The average Bonchev–Trinajstić information content (AvgIpc) is 2.76. The Hall–Kier alpha value is -0.410. The number of nitrogens with zero attached hydrogens (tertiary/aromatic N) is 1. The second kappa shape index (κ2) is 3.99. The summed E-state index contributed by atoms with van der Waals surface area (Å²) in [5.74, 6) is 0.689. The third-order valence-electron chi connectivity index (χ3n) is 3.33. The first-order valence-electron chi connectivity index (χ1n) is 5.36. The van der Waals surface area contributed by atoms with Crippen LogP contribution in [-0.4, -0.2) is 17.1 Å². The fourth-order valence-electron chi connectivity index (χ4n) is 2.29. The lowest BCUT2D eigenvalue weighted by molar-refractivity contribution is 0.269. The molecule has 1 aliphatic rings. The maximum Gasteiger partial charge on any atom is 0.0943 e. The van der Waals surface area contributed by atoms with E-state index in [2.05, 4.69) is 29.5 Å². The largest absolute Gasteiger partial charge is 0.311 e. The first-order chi connectivity index (χ1) is 6.73. The molecule has 0 spiro atoms. The Bertz CT molecular complexity index is 273. The van der Waals surface area contributed by atoms with Crippen molar-refractivity contribution in [2.45, 2.75) is 38.6 Å². The molecule has 0 saturated carbocycles. The molecular formula is C11H18N2S. The van der Waals surface area contributed by atoms with Crippen LogP contribution in [0.3, 0.4) is 0 Å². The van der Waals surface area contributed by atoms with Gasteiger partial charge >= 0.3 is 0 Å². The number of aromatic nitrogens is 1. The van der Waals surface area contributed by atoms with Crippen LogP contribution < -0.4 is 5.32 Å². The van der Waals surface area contributed by atoms with Gasteiger partial charge in [-0.2, -0.15) is 0 Å². The Labute approximate surface area is 89.8 Å². The zero-order valence-electron chi connectivity index (χ0n) is 8.92. The second-order valence-electron chi connectivity index (χ2n) is 4.44. The molecule has 1 N–H and O–H groups in total. The molecule has 78 valence electrons. The number of hydrogen-bond acceptors (Lipinski definition) is 3. The third kappa shape index (κ3) is 1.84. The molecule has 1 aliphatic heterocycles. The Morgan fingerprint density at radius 1 is 1.64 bits per heavy atom. The van der Waals surface area contributed by atoms with Gasteiger partial charge in [-0.3, -0.25) is 0 Å². The minimum Gasteiger partial charge on any atom is -0.311 e. The maximum absolute atomic E-state index is 4.39. The zero-order valence-corrected chi connectivity index (χ0v) is 9.73. The monoisotopic (exact) mass is 210 g/mol. The summed E-state index contributed by atoms with van der Waals surface area (Å²) < 4.78 is 0. The van der Waals surface area contributed by atoms with Crippen molar-refractivity contribution in [2.75, 3.05) is 6.54 Å². The van der Waals surface area contributed by atoms with Gasteiger partial charge in [-0.25, -0.2) is 4.98 Å². The van der Waals surface area contributed by atoms with E-state index in [1.54, 1.807) is 11.3 Å². The van der Waals surface area contributed by atoms with Crippen LogP contribution in [0.25, 0.3) is 0 Å². The van der Waals surface area contributed by atoms with Gasteiger partial charge < -0.3 is 5.32 Å². The molecule has 14 heavy (non-hydrogen) atoms. The minimum atomic E-state index is 0.317. The molecule has 0 radical (unpaired) electrons. The van der Waals surface area contributed by atoms with Crippen LogP contribution in [0.1, 0.15) is 31.7 Å². The van der Waals surface area contributed by atoms with Crippen molar-refractivity contribution >= 4 is 11.3 Å². The molecule has 1 unspecified atom stereocenters. The Balaban J connectivity index is 2.12. The molecule has 2 nitrogen and oxygen atoms in total. The lowest BCUT2D eigenvalue weighted by atomic mass is 9.82. The van der Waals surface area contributed by atoms with Crippen molar-refractivity contribution in [3.63, 3.8) is 0 Å². The quantitative estimate of drug-likeness (QED) is 0.829. The van der Waals surface area contributed by atoms with Gasteiger partial charge in [-0.05, 0) is 25.3 Å². The van der Waals surface area contributed by atoms with E-state index in [0.717, 1.165) is 6.42 Å². The summed E-state index contributed by atoms with van der Waals surface area (Å²) in [7, 11) is 0. The van der Waals surface area contributed by atoms with Gasteiger partial charge in [0, 0.05) is 23.5 Å². The topological polar surface area (TPSA) is 24.9 Å². The highest BCUT2D eigenvalue weighted by molar-refractivity contribution is 7.09. The zero-order chi connectivity index (χ0) is 10.0. The molecule has 0 aromatic carbocycles. The maximum atomic E-state index is 4.39. The van der Waals surface area contributed by atoms with E-state index in [1.807, 2.05) is 6.20 Å². The van der Waals surface area contributed by atoms with E-state index in [9.17, 15) is 0 Å². The molecule has 1 fully saturated rings. The van der Waals surface area contributed by atoms with Crippen LogP contribution in [-0.2, 0) is 6.42 Å². The third-order valence-corrected chi connectivity index (χ3v) is 4.11. The summed E-state index contributed by atoms with van der Waals surface area (Å²) in [6.07, 6.45) is 5.61. The lowest BCUT2D eigenvalue weighted by Crippen LogP contribution is -2.46. The van der Waals surface area contributed by atoms with Crippen molar-refractivity contribution in [3.8, 4) is 0 Å². The van der Waals surface area contributed by atoms with E-state index >= 15 is 0 Å². The van der Waals surface area contributed by atoms with Crippen molar-refractivity contribution in [3.05, 3.63) is 16.6 Å². The van der Waals surface area contributed by atoms with Crippen LogP contribution in [0.5, 0.6) is 0 Å². The minimum absolute atomic E-state index is 0.317. The summed E-state index contributed by atoms with van der Waals surface area (Å²) in [6.45, 7) is 5.79. The Morgan fingerprint density at radius 3 is 3.00 bits per heavy atom. The average molecular weight is 210 g/mol. The smallest absolute Gasteiger partial charge is 0.0943 e. The Morgan fingerprint density at radius 2 is 2.50 bits per heavy atom. The van der Waals surface area contributed by atoms with Crippen molar-refractivity contribution in [1.82, 2.24) is 10.3 Å². The summed E-state index contributed by atoms with van der Waals surface area (Å²) in [5, 5.41) is 7.01. The van der Waals surface area contributed by atoms with E-state index in [4.69, 9.17) is 0 Å². The van der Waals surface area contributed by atoms with Gasteiger partial charge in [0.1, 0.15) is 0 Å². The first kappa shape index (κ1) is 10.1. The number of hydrogen-bond donors (Lipinski definition) is 1. The summed E-state index contributed by atoms with van der Waals surface area (Å²) in [4.78, 5) is 4.39. The highest BCUT2D eigenvalue weighted by atomic mass is 32.1. The van der Waals surface area contributed by atoms with Gasteiger partial charge in [0.2, 0.25) is 0 Å². The second-order valence-corrected chi connectivity index (χ2v) is 5.42. The molecule has 1 aromatic rings. The van der Waals surface area contributed by atoms with Crippen molar-refractivity contribution in [2.24, 2.45) is 5.92 Å². The molecule has 3 heteroatoms. The van der Waals surface area contributed by atoms with Gasteiger partial charge in [-0.15, -0.1) is 11.3 Å². The molecule has 2 heterocycles. The number of thiazole rings is 1. The summed E-state index contributed by atoms with van der Waals surface area (Å²) >= 11 is 1.77. The molecule has 0 amide bonds. The van der Waals surface area contributed by atoms with E-state index in [1.165, 1.54) is 24.4 Å². The van der Waals surface area contributed by atoms with Crippen LogP contribution in [0.2, 0.25) is 0 Å². The highest BCUT2D eigenvalue weighted by Crippen LogP contribution is 2.31. The molecule has 1 saturated heterocycles. The summed E-state index contributed by atoms with van der Waals surface area (Å²) in [5.41, 5.74) is 0.317. The fourth-order valence-corrected chi connectivity index (χ4v) is 3.03. The van der Waals surface area contributed by atoms with Crippen LogP contribution >= 0.6 is 11.3 Å². The van der Waals surface area contributed by atoms with Gasteiger partial charge in [-0.1, -0.05) is 13.8 Å². The molecule has 1 atom stereocenters. The predicted molar refractivity (Wildman–Crippen MR) is 60.6 cm³/mol. The highest BCUT2D eigenvalue weighted by Gasteiger charge is 2.37.